The standard InChI is InChI=1S/C17H25FN2/c1-12(2)17(13-5-7-14(18)8-6-13)19-15-9-11-20-10-3-4-16(15)20/h5-8,12,15-17,19H,3-4,9-11H2,1-2H3. The Morgan fingerprint density at radius 3 is 2.60 bits per heavy atom. The van der Waals surface area contributed by atoms with Crippen molar-refractivity contribution in [2.24, 2.45) is 5.92 Å². The smallest absolute Gasteiger partial charge is 0.123 e. The van der Waals surface area contributed by atoms with Crippen LogP contribution in [0.3, 0.4) is 0 Å². The van der Waals surface area contributed by atoms with Gasteiger partial charge in [-0.05, 0) is 49.4 Å². The average Bonchev–Trinajstić information content (AvgIpc) is 3.01. The molecule has 1 N–H and O–H groups in total. The van der Waals surface area contributed by atoms with Crippen molar-refractivity contribution in [3.05, 3.63) is 35.6 Å². The monoisotopic (exact) mass is 276 g/mol. The van der Waals surface area contributed by atoms with Gasteiger partial charge in [0.2, 0.25) is 0 Å². The molecule has 2 fully saturated rings. The number of fused-ring (bicyclic) bond motifs is 1. The Balaban J connectivity index is 1.73. The fourth-order valence-corrected chi connectivity index (χ4v) is 3.85. The van der Waals surface area contributed by atoms with Crippen LogP contribution in [0.5, 0.6) is 0 Å². The van der Waals surface area contributed by atoms with Crippen molar-refractivity contribution >= 4 is 0 Å². The van der Waals surface area contributed by atoms with Gasteiger partial charge in [0, 0.05) is 24.7 Å². The quantitative estimate of drug-likeness (QED) is 0.907. The zero-order valence-corrected chi connectivity index (χ0v) is 12.5. The van der Waals surface area contributed by atoms with Gasteiger partial charge >= 0.3 is 0 Å². The van der Waals surface area contributed by atoms with Gasteiger partial charge in [0.05, 0.1) is 0 Å². The van der Waals surface area contributed by atoms with E-state index in [0.717, 1.165) is 6.04 Å². The van der Waals surface area contributed by atoms with Crippen LogP contribution in [0.4, 0.5) is 4.39 Å². The lowest BCUT2D eigenvalue weighted by Gasteiger charge is -2.30. The predicted molar refractivity (Wildman–Crippen MR) is 80.1 cm³/mol. The fraction of sp³-hybridized carbons (Fsp3) is 0.647. The molecule has 20 heavy (non-hydrogen) atoms. The highest BCUT2D eigenvalue weighted by Gasteiger charge is 2.38. The molecule has 0 saturated carbocycles. The average molecular weight is 276 g/mol. The highest BCUT2D eigenvalue weighted by Crippen LogP contribution is 2.31. The van der Waals surface area contributed by atoms with E-state index in [9.17, 15) is 4.39 Å². The molecule has 2 heterocycles. The van der Waals surface area contributed by atoms with Gasteiger partial charge in [-0.15, -0.1) is 0 Å². The zero-order chi connectivity index (χ0) is 14.1. The molecule has 2 aliphatic heterocycles. The number of hydrogen-bond acceptors (Lipinski definition) is 2. The highest BCUT2D eigenvalue weighted by atomic mass is 19.1. The molecular formula is C17H25FN2. The number of benzene rings is 1. The molecule has 3 heteroatoms. The SMILES string of the molecule is CC(C)C(NC1CCN2CCCC12)c1ccc(F)cc1. The number of nitrogens with one attached hydrogen (secondary N) is 1. The van der Waals surface area contributed by atoms with Gasteiger partial charge in [-0.25, -0.2) is 4.39 Å². The maximum atomic E-state index is 13.1. The molecule has 0 aromatic heterocycles. The molecule has 3 unspecified atom stereocenters. The molecule has 0 spiro atoms. The molecule has 0 radical (unpaired) electrons. The van der Waals surface area contributed by atoms with Gasteiger partial charge in [0.25, 0.3) is 0 Å². The molecule has 1 aromatic rings. The molecule has 2 aliphatic rings. The van der Waals surface area contributed by atoms with Gasteiger partial charge in [0.15, 0.2) is 0 Å². The van der Waals surface area contributed by atoms with Crippen molar-refractivity contribution < 1.29 is 4.39 Å². The first kappa shape index (κ1) is 14.0. The Hall–Kier alpha value is -0.930. The number of hydrogen-bond donors (Lipinski definition) is 1. The van der Waals surface area contributed by atoms with Crippen LogP contribution >= 0.6 is 0 Å². The summed E-state index contributed by atoms with van der Waals surface area (Å²) >= 11 is 0. The van der Waals surface area contributed by atoms with Crippen LogP contribution in [0, 0.1) is 11.7 Å². The van der Waals surface area contributed by atoms with Crippen molar-refractivity contribution in [1.82, 2.24) is 10.2 Å². The van der Waals surface area contributed by atoms with E-state index in [0.29, 0.717) is 18.0 Å². The Bertz CT molecular complexity index is 443. The number of halogens is 1. The van der Waals surface area contributed by atoms with E-state index in [1.54, 1.807) is 12.1 Å². The van der Waals surface area contributed by atoms with Gasteiger partial charge in [0.1, 0.15) is 5.82 Å². The largest absolute Gasteiger partial charge is 0.305 e. The molecule has 1 aromatic carbocycles. The van der Waals surface area contributed by atoms with Gasteiger partial charge in [-0.3, -0.25) is 4.90 Å². The van der Waals surface area contributed by atoms with Crippen molar-refractivity contribution in [3.63, 3.8) is 0 Å². The third kappa shape index (κ3) is 2.75. The van der Waals surface area contributed by atoms with Gasteiger partial charge < -0.3 is 5.32 Å². The van der Waals surface area contributed by atoms with E-state index >= 15 is 0 Å². The van der Waals surface area contributed by atoms with Crippen LogP contribution in [-0.2, 0) is 0 Å². The molecule has 2 saturated heterocycles. The molecule has 0 amide bonds. The first-order valence-electron chi connectivity index (χ1n) is 7.90. The molecule has 110 valence electrons. The lowest BCUT2D eigenvalue weighted by Crippen LogP contribution is -2.42. The summed E-state index contributed by atoms with van der Waals surface area (Å²) in [5, 5.41) is 3.86. The lowest BCUT2D eigenvalue weighted by molar-refractivity contribution is 0.274. The number of rotatable bonds is 4. The predicted octanol–water partition coefficient (Wildman–Crippen LogP) is 3.35. The van der Waals surface area contributed by atoms with E-state index in [4.69, 9.17) is 0 Å². The van der Waals surface area contributed by atoms with Crippen molar-refractivity contribution in [2.45, 2.75) is 51.2 Å². The summed E-state index contributed by atoms with van der Waals surface area (Å²) in [6, 6.07) is 8.63. The van der Waals surface area contributed by atoms with Gasteiger partial charge in [-0.2, -0.15) is 0 Å². The summed E-state index contributed by atoms with van der Waals surface area (Å²) < 4.78 is 13.1. The second-order valence-corrected chi connectivity index (χ2v) is 6.58. The number of nitrogens with zero attached hydrogens (tertiary/aromatic N) is 1. The summed E-state index contributed by atoms with van der Waals surface area (Å²) in [6.45, 7) is 6.98. The molecule has 2 nitrogen and oxygen atoms in total. The summed E-state index contributed by atoms with van der Waals surface area (Å²) in [5.74, 6) is 0.356. The first-order valence-corrected chi connectivity index (χ1v) is 7.90. The maximum absolute atomic E-state index is 13.1. The minimum Gasteiger partial charge on any atom is -0.305 e. The molecule has 3 atom stereocenters. The lowest BCUT2D eigenvalue weighted by atomic mass is 9.93. The summed E-state index contributed by atoms with van der Waals surface area (Å²) in [6.07, 6.45) is 3.91. The zero-order valence-electron chi connectivity index (χ0n) is 12.5. The first-order chi connectivity index (χ1) is 9.65. The molecule has 3 rings (SSSR count). The van der Waals surface area contributed by atoms with E-state index in [1.807, 2.05) is 12.1 Å². The third-order valence-corrected chi connectivity index (χ3v) is 4.90. The van der Waals surface area contributed by atoms with Crippen LogP contribution in [0.2, 0.25) is 0 Å². The Morgan fingerprint density at radius 2 is 1.90 bits per heavy atom. The van der Waals surface area contributed by atoms with E-state index in [-0.39, 0.29) is 5.82 Å². The van der Waals surface area contributed by atoms with Crippen molar-refractivity contribution in [1.29, 1.82) is 0 Å². The normalized spacial score (nSPS) is 28.0. The topological polar surface area (TPSA) is 15.3 Å². The molecule has 0 bridgehead atoms. The van der Waals surface area contributed by atoms with Crippen LogP contribution in [0.1, 0.15) is 44.7 Å². The summed E-state index contributed by atoms with van der Waals surface area (Å²) in [4.78, 5) is 2.62. The Kier molecular flexibility index (Phi) is 4.08. The van der Waals surface area contributed by atoms with Gasteiger partial charge in [-0.1, -0.05) is 26.0 Å². The fourth-order valence-electron chi connectivity index (χ4n) is 3.85. The molecule has 0 aliphatic carbocycles. The van der Waals surface area contributed by atoms with Crippen LogP contribution < -0.4 is 5.32 Å². The minimum atomic E-state index is -0.154. The summed E-state index contributed by atoms with van der Waals surface area (Å²) in [7, 11) is 0. The van der Waals surface area contributed by atoms with E-state index in [1.165, 1.54) is 37.9 Å². The van der Waals surface area contributed by atoms with Crippen molar-refractivity contribution in [3.8, 4) is 0 Å². The Labute approximate surface area is 121 Å². The Morgan fingerprint density at radius 1 is 1.15 bits per heavy atom. The van der Waals surface area contributed by atoms with Crippen molar-refractivity contribution in [2.75, 3.05) is 13.1 Å². The van der Waals surface area contributed by atoms with E-state index < -0.39 is 0 Å². The van der Waals surface area contributed by atoms with Crippen LogP contribution in [-0.4, -0.2) is 30.1 Å². The molecular weight excluding hydrogens is 251 g/mol. The van der Waals surface area contributed by atoms with Crippen LogP contribution in [0.15, 0.2) is 24.3 Å². The minimum absolute atomic E-state index is 0.154. The van der Waals surface area contributed by atoms with Crippen LogP contribution in [0.25, 0.3) is 0 Å². The highest BCUT2D eigenvalue weighted by molar-refractivity contribution is 5.21. The second kappa shape index (κ2) is 5.82. The second-order valence-electron chi connectivity index (χ2n) is 6.58. The summed E-state index contributed by atoms with van der Waals surface area (Å²) in [5.41, 5.74) is 1.21. The maximum Gasteiger partial charge on any atom is 0.123 e. The van der Waals surface area contributed by atoms with E-state index in [2.05, 4.69) is 24.1 Å². The third-order valence-electron chi connectivity index (χ3n) is 4.90.